The zero-order valence-electron chi connectivity index (χ0n) is 9.49. The highest BCUT2D eigenvalue weighted by molar-refractivity contribution is 6.31. The lowest BCUT2D eigenvalue weighted by Gasteiger charge is -2.25. The Morgan fingerprint density at radius 1 is 1.31 bits per heavy atom. The normalized spacial score (nSPS) is 10.5. The van der Waals surface area contributed by atoms with E-state index in [0.29, 0.717) is 11.4 Å². The number of aliphatic hydroxyl groups is 2. The van der Waals surface area contributed by atoms with Crippen LogP contribution in [-0.2, 0) is 6.61 Å². The number of hydrogen-bond acceptors (Lipinski definition) is 3. The second kappa shape index (κ2) is 6.74. The van der Waals surface area contributed by atoms with Crippen LogP contribution in [0.2, 0.25) is 5.02 Å². The van der Waals surface area contributed by atoms with Crippen molar-refractivity contribution < 1.29 is 10.2 Å². The van der Waals surface area contributed by atoms with Gasteiger partial charge in [-0.05, 0) is 25.5 Å². The summed E-state index contributed by atoms with van der Waals surface area (Å²) >= 11 is 6.03. The molecule has 0 radical (unpaired) electrons. The predicted octanol–water partition coefficient (Wildman–Crippen LogP) is 2.04. The second-order valence-corrected chi connectivity index (χ2v) is 3.96. The molecule has 0 aliphatic carbocycles. The molecule has 4 heteroatoms. The minimum absolute atomic E-state index is 0.0648. The van der Waals surface area contributed by atoms with Crippen LogP contribution in [0.3, 0.4) is 0 Å². The summed E-state index contributed by atoms with van der Waals surface area (Å²) in [5.74, 6) is 0. The van der Waals surface area contributed by atoms with Gasteiger partial charge >= 0.3 is 0 Å². The van der Waals surface area contributed by atoms with Crippen molar-refractivity contribution in [1.29, 1.82) is 0 Å². The first-order chi connectivity index (χ1) is 7.74. The largest absolute Gasteiger partial charge is 0.396 e. The van der Waals surface area contributed by atoms with Gasteiger partial charge in [0.1, 0.15) is 0 Å². The number of anilines is 1. The van der Waals surface area contributed by atoms with Gasteiger partial charge in [-0.2, -0.15) is 0 Å². The quantitative estimate of drug-likeness (QED) is 0.804. The molecule has 0 atom stereocenters. The summed E-state index contributed by atoms with van der Waals surface area (Å²) in [5, 5.41) is 18.7. The maximum absolute atomic E-state index is 9.31. The molecule has 0 bridgehead atoms. The van der Waals surface area contributed by atoms with Gasteiger partial charge in [0.15, 0.2) is 0 Å². The van der Waals surface area contributed by atoms with Gasteiger partial charge in [0.2, 0.25) is 0 Å². The molecule has 2 N–H and O–H groups in total. The van der Waals surface area contributed by atoms with Crippen molar-refractivity contribution in [1.82, 2.24) is 0 Å². The van der Waals surface area contributed by atoms with Crippen LogP contribution in [0.25, 0.3) is 0 Å². The van der Waals surface area contributed by atoms with Gasteiger partial charge in [-0.1, -0.05) is 17.7 Å². The lowest BCUT2D eigenvalue weighted by atomic mass is 10.1. The van der Waals surface area contributed by atoms with Crippen molar-refractivity contribution in [2.75, 3.05) is 24.6 Å². The summed E-state index contributed by atoms with van der Waals surface area (Å²) in [4.78, 5) is 2.10. The van der Waals surface area contributed by atoms with Crippen LogP contribution in [-0.4, -0.2) is 29.9 Å². The Bertz CT molecular complexity index is 331. The Morgan fingerprint density at radius 2 is 2.06 bits per heavy atom. The third-order valence-electron chi connectivity index (χ3n) is 2.56. The minimum Gasteiger partial charge on any atom is -0.396 e. The highest BCUT2D eigenvalue weighted by atomic mass is 35.5. The van der Waals surface area contributed by atoms with E-state index in [0.717, 1.165) is 24.3 Å². The van der Waals surface area contributed by atoms with Crippen molar-refractivity contribution in [3.63, 3.8) is 0 Å². The van der Waals surface area contributed by atoms with Crippen LogP contribution in [0.15, 0.2) is 18.2 Å². The van der Waals surface area contributed by atoms with Gasteiger partial charge in [0.05, 0.1) is 6.61 Å². The van der Waals surface area contributed by atoms with Crippen LogP contribution in [0.4, 0.5) is 5.69 Å². The first-order valence-corrected chi connectivity index (χ1v) is 5.86. The molecule has 1 rings (SSSR count). The minimum atomic E-state index is -0.0648. The third-order valence-corrected chi connectivity index (χ3v) is 2.91. The second-order valence-electron chi connectivity index (χ2n) is 3.55. The van der Waals surface area contributed by atoms with Crippen LogP contribution in [0, 0.1) is 0 Å². The van der Waals surface area contributed by atoms with Crippen molar-refractivity contribution in [2.45, 2.75) is 20.0 Å². The van der Waals surface area contributed by atoms with Gasteiger partial charge in [-0.25, -0.2) is 0 Å². The molecule has 1 aromatic carbocycles. The molecule has 0 aliphatic rings. The molecule has 0 aliphatic heterocycles. The van der Waals surface area contributed by atoms with Crippen LogP contribution < -0.4 is 4.90 Å². The van der Waals surface area contributed by atoms with E-state index in [1.165, 1.54) is 0 Å². The molecule has 0 spiro atoms. The summed E-state index contributed by atoms with van der Waals surface area (Å²) in [6, 6.07) is 5.59. The van der Waals surface area contributed by atoms with Crippen molar-refractivity contribution in [3.05, 3.63) is 28.8 Å². The average molecular weight is 244 g/mol. The summed E-state index contributed by atoms with van der Waals surface area (Å²) in [6.07, 6.45) is 0.714. The summed E-state index contributed by atoms with van der Waals surface area (Å²) in [5.41, 5.74) is 1.70. The van der Waals surface area contributed by atoms with E-state index in [-0.39, 0.29) is 13.2 Å². The topological polar surface area (TPSA) is 43.7 Å². The van der Waals surface area contributed by atoms with Crippen LogP contribution in [0.5, 0.6) is 0 Å². The van der Waals surface area contributed by atoms with Gasteiger partial charge < -0.3 is 15.1 Å². The third kappa shape index (κ3) is 3.11. The summed E-state index contributed by atoms with van der Waals surface area (Å²) < 4.78 is 0. The first-order valence-electron chi connectivity index (χ1n) is 5.48. The Hall–Kier alpha value is -0.770. The van der Waals surface area contributed by atoms with E-state index in [4.69, 9.17) is 16.7 Å². The van der Waals surface area contributed by atoms with E-state index in [1.807, 2.05) is 19.1 Å². The van der Waals surface area contributed by atoms with Gasteiger partial charge in [-0.3, -0.25) is 0 Å². The van der Waals surface area contributed by atoms with Crippen LogP contribution in [0.1, 0.15) is 18.9 Å². The average Bonchev–Trinajstić information content (AvgIpc) is 2.30. The Balaban J connectivity index is 2.94. The fourth-order valence-electron chi connectivity index (χ4n) is 1.71. The van der Waals surface area contributed by atoms with E-state index < -0.39 is 0 Å². The number of aliphatic hydroxyl groups excluding tert-OH is 2. The van der Waals surface area contributed by atoms with E-state index in [9.17, 15) is 5.11 Å². The Kier molecular flexibility index (Phi) is 5.60. The lowest BCUT2D eigenvalue weighted by molar-refractivity contribution is 0.281. The maximum atomic E-state index is 9.31. The highest BCUT2D eigenvalue weighted by Gasteiger charge is 2.11. The summed E-state index contributed by atoms with van der Waals surface area (Å²) in [7, 11) is 0. The van der Waals surface area contributed by atoms with Crippen LogP contribution >= 0.6 is 11.6 Å². The number of benzene rings is 1. The molecule has 1 aromatic rings. The lowest BCUT2D eigenvalue weighted by Crippen LogP contribution is -2.25. The number of rotatable bonds is 6. The van der Waals surface area contributed by atoms with Crippen molar-refractivity contribution in [2.24, 2.45) is 0 Å². The number of nitrogens with zero attached hydrogens (tertiary/aromatic N) is 1. The number of halogens is 1. The Labute approximate surface area is 101 Å². The molecular weight excluding hydrogens is 226 g/mol. The van der Waals surface area contributed by atoms with E-state index in [1.54, 1.807) is 6.07 Å². The summed E-state index contributed by atoms with van der Waals surface area (Å²) in [6.45, 7) is 3.74. The molecular formula is C12H18ClNO2. The van der Waals surface area contributed by atoms with Gasteiger partial charge in [-0.15, -0.1) is 0 Å². The molecule has 0 unspecified atom stereocenters. The molecule has 0 fully saturated rings. The molecule has 0 heterocycles. The molecule has 0 amide bonds. The highest BCUT2D eigenvalue weighted by Crippen LogP contribution is 2.27. The van der Waals surface area contributed by atoms with Crippen molar-refractivity contribution in [3.8, 4) is 0 Å². The molecule has 0 aromatic heterocycles. The van der Waals surface area contributed by atoms with Crippen molar-refractivity contribution >= 4 is 17.3 Å². The standard InChI is InChI=1S/C12H18ClNO2/c1-2-14(7-4-8-15)12-6-3-5-11(13)10(12)9-16/h3,5-6,15-16H,2,4,7-9H2,1H3. The van der Waals surface area contributed by atoms with Gasteiger partial charge in [0.25, 0.3) is 0 Å². The smallest absolute Gasteiger partial charge is 0.0716 e. The number of hydrogen-bond donors (Lipinski definition) is 2. The molecule has 90 valence electrons. The van der Waals surface area contributed by atoms with E-state index >= 15 is 0 Å². The fourth-order valence-corrected chi connectivity index (χ4v) is 1.94. The zero-order valence-corrected chi connectivity index (χ0v) is 10.2. The molecule has 3 nitrogen and oxygen atoms in total. The molecule has 16 heavy (non-hydrogen) atoms. The molecule has 0 saturated carbocycles. The first kappa shape index (κ1) is 13.3. The molecule has 0 saturated heterocycles. The monoisotopic (exact) mass is 243 g/mol. The fraction of sp³-hybridized carbons (Fsp3) is 0.500. The SMILES string of the molecule is CCN(CCCO)c1cccc(Cl)c1CO. The van der Waals surface area contributed by atoms with Gasteiger partial charge in [0, 0.05) is 36.0 Å². The maximum Gasteiger partial charge on any atom is 0.0716 e. The zero-order chi connectivity index (χ0) is 12.0. The predicted molar refractivity (Wildman–Crippen MR) is 67.0 cm³/mol. The van der Waals surface area contributed by atoms with E-state index in [2.05, 4.69) is 4.90 Å². The Morgan fingerprint density at radius 3 is 2.62 bits per heavy atom.